The van der Waals surface area contributed by atoms with Crippen molar-refractivity contribution in [1.82, 2.24) is 0 Å². The van der Waals surface area contributed by atoms with Crippen molar-refractivity contribution in [1.29, 1.82) is 0 Å². The molecule has 27 heavy (non-hydrogen) atoms. The number of nitrogens with zero attached hydrogens (tertiary/aromatic N) is 1. The fourth-order valence-electron chi connectivity index (χ4n) is 2.35. The van der Waals surface area contributed by atoms with E-state index in [1.807, 2.05) is 0 Å². The molecule has 0 aliphatic rings. The summed E-state index contributed by atoms with van der Waals surface area (Å²) in [6, 6.07) is 7.31. The van der Waals surface area contributed by atoms with Crippen LogP contribution in [-0.4, -0.2) is 47.4 Å². The lowest BCUT2D eigenvalue weighted by Gasteiger charge is -2.25. The lowest BCUT2D eigenvalue weighted by Crippen LogP contribution is -2.36. The lowest BCUT2D eigenvalue weighted by molar-refractivity contribution is -0.135. The number of benzene rings is 2. The highest BCUT2D eigenvalue weighted by Crippen LogP contribution is 2.36. The topological polar surface area (TPSA) is 102 Å². The van der Waals surface area contributed by atoms with Crippen LogP contribution in [0, 0.1) is 5.82 Å². The van der Waals surface area contributed by atoms with Gasteiger partial charge in [-0.2, -0.15) is 0 Å². The Kier molecular flexibility index (Phi) is 6.11. The third kappa shape index (κ3) is 4.22. The van der Waals surface area contributed by atoms with E-state index in [9.17, 15) is 22.7 Å². The van der Waals surface area contributed by atoms with E-state index < -0.39 is 33.3 Å². The number of halogens is 1. The summed E-state index contributed by atoms with van der Waals surface area (Å²) in [5, 5.41) is 9.21. The molecule has 0 aliphatic carbocycles. The Labute approximate surface area is 155 Å². The number of carboxylic acid groups (broad SMARTS) is 1. The number of aliphatic carboxylic acids is 1. The largest absolute Gasteiger partial charge is 0.497 e. The van der Waals surface area contributed by atoms with E-state index in [0.717, 1.165) is 18.2 Å². The van der Waals surface area contributed by atoms with Crippen molar-refractivity contribution in [3.8, 4) is 17.2 Å². The zero-order valence-electron chi connectivity index (χ0n) is 14.8. The van der Waals surface area contributed by atoms with Crippen molar-refractivity contribution in [2.75, 3.05) is 32.2 Å². The molecule has 0 fully saturated rings. The number of sulfonamides is 1. The van der Waals surface area contributed by atoms with Gasteiger partial charge in [0.05, 0.1) is 31.9 Å². The van der Waals surface area contributed by atoms with Gasteiger partial charge in [-0.05, 0) is 30.3 Å². The van der Waals surface area contributed by atoms with Crippen LogP contribution in [-0.2, 0) is 14.8 Å². The maximum Gasteiger partial charge on any atom is 0.324 e. The monoisotopic (exact) mass is 399 g/mol. The van der Waals surface area contributed by atoms with Crippen molar-refractivity contribution < 1.29 is 36.9 Å². The molecule has 0 spiro atoms. The minimum absolute atomic E-state index is 0.0597. The minimum atomic E-state index is -4.43. The van der Waals surface area contributed by atoms with Crippen molar-refractivity contribution in [2.24, 2.45) is 0 Å². The summed E-state index contributed by atoms with van der Waals surface area (Å²) in [6.45, 7) is -0.903. The van der Waals surface area contributed by atoms with E-state index in [2.05, 4.69) is 0 Å². The van der Waals surface area contributed by atoms with Crippen LogP contribution in [0.25, 0.3) is 0 Å². The molecule has 2 aromatic carbocycles. The zero-order chi connectivity index (χ0) is 20.2. The van der Waals surface area contributed by atoms with Gasteiger partial charge in [-0.25, -0.2) is 12.8 Å². The highest BCUT2D eigenvalue weighted by molar-refractivity contribution is 7.92. The summed E-state index contributed by atoms with van der Waals surface area (Å²) < 4.78 is 55.7. The summed E-state index contributed by atoms with van der Waals surface area (Å²) in [5.74, 6) is -2.05. The molecule has 0 radical (unpaired) electrons. The number of anilines is 1. The molecule has 2 aromatic rings. The summed E-state index contributed by atoms with van der Waals surface area (Å²) in [7, 11) is -0.507. The van der Waals surface area contributed by atoms with Crippen LogP contribution >= 0.6 is 0 Å². The van der Waals surface area contributed by atoms with Crippen LogP contribution in [0.15, 0.2) is 41.3 Å². The van der Waals surface area contributed by atoms with Gasteiger partial charge in [0.25, 0.3) is 10.0 Å². The molecule has 10 heteroatoms. The van der Waals surface area contributed by atoms with Gasteiger partial charge in [-0.15, -0.1) is 0 Å². The number of ether oxygens (including phenoxy) is 3. The first kappa shape index (κ1) is 20.3. The number of rotatable bonds is 8. The van der Waals surface area contributed by atoms with Crippen LogP contribution in [0.4, 0.5) is 10.1 Å². The predicted molar refractivity (Wildman–Crippen MR) is 94.7 cm³/mol. The average Bonchev–Trinajstić information content (AvgIpc) is 2.65. The highest BCUT2D eigenvalue weighted by atomic mass is 32.2. The molecule has 0 heterocycles. The molecule has 0 unspecified atom stereocenters. The molecule has 0 saturated carbocycles. The molecule has 0 bridgehead atoms. The molecule has 0 atom stereocenters. The van der Waals surface area contributed by atoms with Gasteiger partial charge >= 0.3 is 5.97 Å². The first-order valence-electron chi connectivity index (χ1n) is 7.54. The molecule has 0 saturated heterocycles. The van der Waals surface area contributed by atoms with Gasteiger partial charge in [-0.3, -0.25) is 9.10 Å². The number of hydrogen-bond acceptors (Lipinski definition) is 6. The standard InChI is InChI=1S/C17H18FNO7S/c1-24-11-4-6-16(26-3)14(8-11)19(10-17(20)21)27(22,23)12-5-7-15(25-2)13(18)9-12/h4-9H,10H2,1-3H3,(H,20,21). The lowest BCUT2D eigenvalue weighted by atomic mass is 10.2. The Hall–Kier alpha value is -3.01. The summed E-state index contributed by atoms with van der Waals surface area (Å²) in [5.41, 5.74) is -0.0597. The van der Waals surface area contributed by atoms with Gasteiger partial charge in [0.15, 0.2) is 11.6 Å². The van der Waals surface area contributed by atoms with Crippen LogP contribution in [0.2, 0.25) is 0 Å². The van der Waals surface area contributed by atoms with E-state index in [-0.39, 0.29) is 22.9 Å². The van der Waals surface area contributed by atoms with Gasteiger partial charge < -0.3 is 19.3 Å². The molecule has 146 valence electrons. The molecule has 0 aromatic heterocycles. The molecular formula is C17H18FNO7S. The Morgan fingerprint density at radius 1 is 1.04 bits per heavy atom. The molecular weight excluding hydrogens is 381 g/mol. The number of hydrogen-bond donors (Lipinski definition) is 1. The average molecular weight is 399 g/mol. The van der Waals surface area contributed by atoms with E-state index >= 15 is 0 Å². The van der Waals surface area contributed by atoms with E-state index in [1.54, 1.807) is 0 Å². The maximum atomic E-state index is 14.0. The van der Waals surface area contributed by atoms with Gasteiger partial charge in [-0.1, -0.05) is 0 Å². The second-order valence-electron chi connectivity index (χ2n) is 5.24. The van der Waals surface area contributed by atoms with Crippen LogP contribution in [0.1, 0.15) is 0 Å². The molecule has 0 amide bonds. The maximum absolute atomic E-state index is 14.0. The van der Waals surface area contributed by atoms with Gasteiger partial charge in [0.1, 0.15) is 18.0 Å². The van der Waals surface area contributed by atoms with Crippen molar-refractivity contribution in [3.05, 3.63) is 42.2 Å². The first-order valence-corrected chi connectivity index (χ1v) is 8.98. The number of carboxylic acids is 1. The van der Waals surface area contributed by atoms with Gasteiger partial charge in [0, 0.05) is 6.07 Å². The Morgan fingerprint density at radius 2 is 1.67 bits per heavy atom. The van der Waals surface area contributed by atoms with Crippen LogP contribution in [0.5, 0.6) is 17.2 Å². The molecule has 0 aliphatic heterocycles. The smallest absolute Gasteiger partial charge is 0.324 e. The van der Waals surface area contributed by atoms with Gasteiger partial charge in [0.2, 0.25) is 0 Å². The predicted octanol–water partition coefficient (Wildman–Crippen LogP) is 2.13. The van der Waals surface area contributed by atoms with Crippen LogP contribution in [0.3, 0.4) is 0 Å². The quantitative estimate of drug-likeness (QED) is 0.725. The molecule has 2 rings (SSSR count). The Morgan fingerprint density at radius 3 is 2.19 bits per heavy atom. The SMILES string of the molecule is COc1ccc(OC)c(N(CC(=O)O)S(=O)(=O)c2ccc(OC)c(F)c2)c1. The Bertz CT molecular complexity index is 946. The fourth-order valence-corrected chi connectivity index (χ4v) is 3.78. The summed E-state index contributed by atoms with van der Waals surface area (Å²) in [4.78, 5) is 10.9. The van der Waals surface area contributed by atoms with E-state index in [1.165, 1.54) is 39.5 Å². The van der Waals surface area contributed by atoms with Crippen LogP contribution < -0.4 is 18.5 Å². The first-order chi connectivity index (χ1) is 12.7. The normalized spacial score (nSPS) is 11.0. The number of methoxy groups -OCH3 is 3. The fraction of sp³-hybridized carbons (Fsp3) is 0.235. The Balaban J connectivity index is 2.66. The van der Waals surface area contributed by atoms with E-state index in [4.69, 9.17) is 14.2 Å². The summed E-state index contributed by atoms with van der Waals surface area (Å²) >= 11 is 0. The molecule has 1 N–H and O–H groups in total. The summed E-state index contributed by atoms with van der Waals surface area (Å²) in [6.07, 6.45) is 0. The second-order valence-corrected chi connectivity index (χ2v) is 7.10. The third-order valence-corrected chi connectivity index (χ3v) is 5.40. The van der Waals surface area contributed by atoms with Crippen molar-refractivity contribution in [3.63, 3.8) is 0 Å². The van der Waals surface area contributed by atoms with Crippen molar-refractivity contribution >= 4 is 21.7 Å². The third-order valence-electron chi connectivity index (χ3n) is 3.64. The highest BCUT2D eigenvalue weighted by Gasteiger charge is 2.30. The minimum Gasteiger partial charge on any atom is -0.497 e. The molecule has 8 nitrogen and oxygen atoms in total. The second kappa shape index (κ2) is 8.12. The van der Waals surface area contributed by atoms with Crippen molar-refractivity contribution in [2.45, 2.75) is 4.90 Å². The zero-order valence-corrected chi connectivity index (χ0v) is 15.6. The van der Waals surface area contributed by atoms with E-state index in [0.29, 0.717) is 4.31 Å². The number of carbonyl (C=O) groups is 1.